The SMILES string of the molecule is CCCCC/C=C\C/C=C\C/C=C\CCCCC(=O)O[C@H](COC(=O)CCCCCCCCCCCCCCCC)COP(=O)(O)OC[C@@H](O)CO. The lowest BCUT2D eigenvalue weighted by Crippen LogP contribution is -2.29. The minimum Gasteiger partial charge on any atom is -0.462 e. The molecule has 0 rings (SSSR count). The molecule has 0 radical (unpaired) electrons. The maximum atomic E-state index is 12.6. The number of esters is 2. The van der Waals surface area contributed by atoms with Gasteiger partial charge in [0.15, 0.2) is 6.10 Å². The fraction of sp³-hybridized carbons (Fsp3) is 0.805. The number of phosphoric acid groups is 1. The second-order valence-corrected chi connectivity index (χ2v) is 15.1. The summed E-state index contributed by atoms with van der Waals surface area (Å²) in [5.41, 5.74) is 0. The second-order valence-electron chi connectivity index (χ2n) is 13.7. The molecule has 3 atom stereocenters. The molecule has 0 aromatic carbocycles. The predicted molar refractivity (Wildman–Crippen MR) is 210 cm³/mol. The van der Waals surface area contributed by atoms with E-state index >= 15 is 0 Å². The van der Waals surface area contributed by atoms with E-state index in [0.717, 1.165) is 51.4 Å². The third-order valence-corrected chi connectivity index (χ3v) is 9.50. The lowest BCUT2D eigenvalue weighted by molar-refractivity contribution is -0.161. The number of aliphatic hydroxyl groups excluding tert-OH is 2. The molecule has 1 unspecified atom stereocenters. The molecular formula is C41H75O10P. The molecule has 0 amide bonds. The molecule has 0 aliphatic heterocycles. The lowest BCUT2D eigenvalue weighted by Gasteiger charge is -2.20. The molecule has 304 valence electrons. The summed E-state index contributed by atoms with van der Waals surface area (Å²) in [4.78, 5) is 34.9. The van der Waals surface area contributed by atoms with Crippen LogP contribution in [0.4, 0.5) is 0 Å². The highest BCUT2D eigenvalue weighted by Crippen LogP contribution is 2.43. The van der Waals surface area contributed by atoms with Gasteiger partial charge in [-0.2, -0.15) is 0 Å². The number of ether oxygens (including phenoxy) is 2. The average molecular weight is 759 g/mol. The number of allylic oxidation sites excluding steroid dienone is 6. The van der Waals surface area contributed by atoms with Gasteiger partial charge in [-0.05, 0) is 51.4 Å². The molecule has 52 heavy (non-hydrogen) atoms. The number of unbranched alkanes of at least 4 members (excludes halogenated alkanes) is 18. The van der Waals surface area contributed by atoms with Crippen molar-refractivity contribution in [2.45, 2.75) is 187 Å². The van der Waals surface area contributed by atoms with Gasteiger partial charge in [-0.3, -0.25) is 18.6 Å². The van der Waals surface area contributed by atoms with E-state index in [1.54, 1.807) is 0 Å². The Balaban J connectivity index is 4.40. The summed E-state index contributed by atoms with van der Waals surface area (Å²) < 4.78 is 32.6. The van der Waals surface area contributed by atoms with Gasteiger partial charge in [0.1, 0.15) is 12.7 Å². The molecular weight excluding hydrogens is 683 g/mol. The summed E-state index contributed by atoms with van der Waals surface area (Å²) in [6, 6.07) is 0. The zero-order chi connectivity index (χ0) is 38.4. The Labute approximate surface area is 316 Å². The molecule has 0 spiro atoms. The quantitative estimate of drug-likeness (QED) is 0.0240. The summed E-state index contributed by atoms with van der Waals surface area (Å²) in [5, 5.41) is 18.3. The fourth-order valence-corrected chi connectivity index (χ4v) is 6.14. The first kappa shape index (κ1) is 50.2. The molecule has 0 saturated carbocycles. The Kier molecular flexibility index (Phi) is 36.2. The van der Waals surface area contributed by atoms with Crippen molar-refractivity contribution in [2.24, 2.45) is 0 Å². The molecule has 11 heteroatoms. The molecule has 0 bridgehead atoms. The van der Waals surface area contributed by atoms with Crippen molar-refractivity contribution in [3.63, 3.8) is 0 Å². The van der Waals surface area contributed by atoms with E-state index < -0.39 is 51.8 Å². The third-order valence-electron chi connectivity index (χ3n) is 8.55. The van der Waals surface area contributed by atoms with E-state index in [2.05, 4.69) is 54.8 Å². The van der Waals surface area contributed by atoms with Crippen LogP contribution < -0.4 is 0 Å². The Hall–Kier alpha value is -1.81. The molecule has 0 saturated heterocycles. The van der Waals surface area contributed by atoms with Gasteiger partial charge in [-0.15, -0.1) is 0 Å². The highest BCUT2D eigenvalue weighted by atomic mass is 31.2. The van der Waals surface area contributed by atoms with Crippen molar-refractivity contribution in [3.05, 3.63) is 36.5 Å². The minimum absolute atomic E-state index is 0.137. The predicted octanol–water partition coefficient (Wildman–Crippen LogP) is 10.4. The van der Waals surface area contributed by atoms with E-state index in [4.69, 9.17) is 19.1 Å². The van der Waals surface area contributed by atoms with Crippen LogP contribution in [-0.2, 0) is 32.7 Å². The van der Waals surface area contributed by atoms with Gasteiger partial charge in [-0.25, -0.2) is 4.57 Å². The fourth-order valence-electron chi connectivity index (χ4n) is 5.35. The topological polar surface area (TPSA) is 149 Å². The Morgan fingerprint density at radius 3 is 1.54 bits per heavy atom. The summed E-state index contributed by atoms with van der Waals surface area (Å²) >= 11 is 0. The van der Waals surface area contributed by atoms with Gasteiger partial charge in [0.25, 0.3) is 0 Å². The second kappa shape index (κ2) is 37.5. The zero-order valence-corrected chi connectivity index (χ0v) is 33.7. The molecule has 10 nitrogen and oxygen atoms in total. The molecule has 0 aliphatic rings. The molecule has 0 aliphatic carbocycles. The van der Waals surface area contributed by atoms with E-state index in [1.807, 2.05) is 0 Å². The van der Waals surface area contributed by atoms with E-state index in [9.17, 15) is 24.2 Å². The Morgan fingerprint density at radius 1 is 0.577 bits per heavy atom. The number of phosphoric ester groups is 1. The first-order chi connectivity index (χ1) is 25.2. The monoisotopic (exact) mass is 759 g/mol. The van der Waals surface area contributed by atoms with Crippen molar-refractivity contribution in [2.75, 3.05) is 26.4 Å². The normalized spacial score (nSPS) is 14.3. The molecule has 3 N–H and O–H groups in total. The summed E-state index contributed by atoms with van der Waals surface area (Å²) in [5.74, 6) is -0.967. The van der Waals surface area contributed by atoms with Gasteiger partial charge in [0.2, 0.25) is 0 Å². The van der Waals surface area contributed by atoms with Crippen LogP contribution in [0.2, 0.25) is 0 Å². The minimum atomic E-state index is -4.62. The standard InChI is InChI=1S/C41H75O10P/c1-3-5-7-9-11-13-15-17-19-21-23-25-27-29-31-33-41(45)51-39(37-50-52(46,47)49-35-38(43)34-42)36-48-40(44)32-30-28-26-24-22-20-18-16-14-12-10-8-6-4-2/h11,13,17,19,23,25,38-39,42-43H,3-10,12,14-16,18,20-22,24,26-37H2,1-2H3,(H,46,47)/b13-11-,19-17-,25-23-/t38-,39+/m0/s1. The zero-order valence-electron chi connectivity index (χ0n) is 32.8. The molecule has 0 aromatic rings. The number of aliphatic hydroxyl groups is 2. The van der Waals surface area contributed by atoms with Gasteiger partial charge < -0.3 is 24.6 Å². The Morgan fingerprint density at radius 2 is 1.00 bits per heavy atom. The van der Waals surface area contributed by atoms with Gasteiger partial charge in [-0.1, -0.05) is 147 Å². The van der Waals surface area contributed by atoms with Crippen LogP contribution in [0.1, 0.15) is 174 Å². The summed E-state index contributed by atoms with van der Waals surface area (Å²) in [7, 11) is -4.62. The maximum Gasteiger partial charge on any atom is 0.472 e. The van der Waals surface area contributed by atoms with E-state index in [1.165, 1.54) is 83.5 Å². The lowest BCUT2D eigenvalue weighted by atomic mass is 10.0. The first-order valence-electron chi connectivity index (χ1n) is 20.4. The van der Waals surface area contributed by atoms with Crippen molar-refractivity contribution in [1.82, 2.24) is 0 Å². The van der Waals surface area contributed by atoms with Crippen LogP contribution in [0.5, 0.6) is 0 Å². The van der Waals surface area contributed by atoms with E-state index in [0.29, 0.717) is 12.8 Å². The van der Waals surface area contributed by atoms with Crippen molar-refractivity contribution < 1.29 is 47.8 Å². The third kappa shape index (κ3) is 36.5. The van der Waals surface area contributed by atoms with Crippen LogP contribution in [0.25, 0.3) is 0 Å². The number of carbonyl (C=O) groups is 2. The number of carbonyl (C=O) groups excluding carboxylic acids is 2. The number of rotatable bonds is 38. The van der Waals surface area contributed by atoms with Crippen molar-refractivity contribution in [1.29, 1.82) is 0 Å². The van der Waals surface area contributed by atoms with Gasteiger partial charge in [0, 0.05) is 12.8 Å². The van der Waals surface area contributed by atoms with Crippen LogP contribution in [-0.4, -0.2) is 65.7 Å². The van der Waals surface area contributed by atoms with Gasteiger partial charge in [0.05, 0.1) is 19.8 Å². The largest absolute Gasteiger partial charge is 0.472 e. The van der Waals surface area contributed by atoms with E-state index in [-0.39, 0.29) is 19.4 Å². The van der Waals surface area contributed by atoms with Crippen LogP contribution in [0, 0.1) is 0 Å². The molecule has 0 fully saturated rings. The van der Waals surface area contributed by atoms with Crippen LogP contribution in [0.15, 0.2) is 36.5 Å². The maximum absolute atomic E-state index is 12.6. The Bertz CT molecular complexity index is 967. The number of hydrogen-bond acceptors (Lipinski definition) is 9. The van der Waals surface area contributed by atoms with Gasteiger partial charge >= 0.3 is 19.8 Å². The first-order valence-corrected chi connectivity index (χ1v) is 21.9. The van der Waals surface area contributed by atoms with Crippen molar-refractivity contribution in [3.8, 4) is 0 Å². The highest BCUT2D eigenvalue weighted by Gasteiger charge is 2.27. The summed E-state index contributed by atoms with van der Waals surface area (Å²) in [6.45, 7) is 2.30. The number of hydrogen-bond donors (Lipinski definition) is 3. The van der Waals surface area contributed by atoms with Crippen LogP contribution >= 0.6 is 7.82 Å². The highest BCUT2D eigenvalue weighted by molar-refractivity contribution is 7.47. The van der Waals surface area contributed by atoms with Crippen molar-refractivity contribution >= 4 is 19.8 Å². The molecule has 0 heterocycles. The average Bonchev–Trinajstić information content (AvgIpc) is 3.13. The smallest absolute Gasteiger partial charge is 0.462 e. The molecule has 0 aromatic heterocycles. The summed E-state index contributed by atoms with van der Waals surface area (Å²) in [6.07, 6.45) is 36.8. The van der Waals surface area contributed by atoms with Crippen LogP contribution in [0.3, 0.4) is 0 Å².